The molecule has 0 aromatic carbocycles. The van der Waals surface area contributed by atoms with E-state index in [2.05, 4.69) is 39.6 Å². The molecule has 0 aliphatic heterocycles. The average Bonchev–Trinajstić information content (AvgIpc) is 1.83. The quantitative estimate of drug-likeness (QED) is 0.525. The van der Waals surface area contributed by atoms with Gasteiger partial charge in [0, 0.05) is 0 Å². The van der Waals surface area contributed by atoms with Gasteiger partial charge in [0.05, 0.1) is 0 Å². The molecule has 0 heterocycles. The van der Waals surface area contributed by atoms with Gasteiger partial charge in [-0.25, -0.2) is 0 Å². The molecule has 0 radical (unpaired) electrons. The Bertz CT molecular complexity index is 131. The molecule has 0 saturated heterocycles. The first-order valence-corrected chi connectivity index (χ1v) is 7.22. The molecule has 68 valence electrons. The molecular formula is C8H20ClNSi. The summed E-state index contributed by atoms with van der Waals surface area (Å²) >= 11 is 6.56. The van der Waals surface area contributed by atoms with Crippen molar-refractivity contribution in [2.24, 2.45) is 0 Å². The molecule has 0 spiro atoms. The lowest BCUT2D eigenvalue weighted by Gasteiger charge is -2.39. The van der Waals surface area contributed by atoms with Gasteiger partial charge < -0.3 is 4.98 Å². The minimum atomic E-state index is -1.78. The highest BCUT2D eigenvalue weighted by Gasteiger charge is 2.45. The molecule has 0 fully saturated rings. The van der Waals surface area contributed by atoms with Crippen molar-refractivity contribution in [3.63, 3.8) is 0 Å². The van der Waals surface area contributed by atoms with Crippen LogP contribution in [-0.2, 0) is 0 Å². The van der Waals surface area contributed by atoms with Gasteiger partial charge in [-0.3, -0.25) is 0 Å². The zero-order valence-electron chi connectivity index (χ0n) is 8.46. The Morgan fingerprint density at radius 2 is 1.64 bits per heavy atom. The molecule has 0 aromatic rings. The number of hydrogen-bond donors (Lipinski definition) is 1. The van der Waals surface area contributed by atoms with Crippen LogP contribution in [0.4, 0.5) is 0 Å². The predicted molar refractivity (Wildman–Crippen MR) is 55.5 cm³/mol. The van der Waals surface area contributed by atoms with E-state index in [0.717, 1.165) is 0 Å². The van der Waals surface area contributed by atoms with Crippen molar-refractivity contribution >= 4 is 18.6 Å². The van der Waals surface area contributed by atoms with E-state index in [1.165, 1.54) is 0 Å². The molecule has 0 rings (SSSR count). The summed E-state index contributed by atoms with van der Waals surface area (Å²) in [7, 11) is 0.197. The van der Waals surface area contributed by atoms with Gasteiger partial charge in [0.15, 0.2) is 0 Å². The number of hydrogen-bond acceptors (Lipinski definition) is 1. The summed E-state index contributed by atoms with van der Waals surface area (Å²) in [5.74, 6) is 0. The molecule has 0 bridgehead atoms. The minimum Gasteiger partial charge on any atom is -0.328 e. The molecule has 3 heteroatoms. The van der Waals surface area contributed by atoms with Crippen LogP contribution in [0.2, 0.25) is 10.6 Å². The lowest BCUT2D eigenvalue weighted by atomic mass is 10.2. The van der Waals surface area contributed by atoms with Crippen LogP contribution in [0.1, 0.15) is 34.6 Å². The summed E-state index contributed by atoms with van der Waals surface area (Å²) in [5, 5.41) is 0.220. The van der Waals surface area contributed by atoms with Crippen molar-refractivity contribution in [3.8, 4) is 0 Å². The number of rotatable bonds is 2. The second-order valence-electron chi connectivity index (χ2n) is 4.37. The van der Waals surface area contributed by atoms with Crippen molar-refractivity contribution in [1.29, 1.82) is 0 Å². The minimum absolute atomic E-state index is 0.220. The molecule has 1 nitrogen and oxygen atoms in total. The first kappa shape index (κ1) is 11.5. The second-order valence-corrected chi connectivity index (χ2v) is 10.7. The van der Waals surface area contributed by atoms with Gasteiger partial charge in [0.25, 0.3) is 0 Å². The van der Waals surface area contributed by atoms with Crippen molar-refractivity contribution in [3.05, 3.63) is 0 Å². The third-order valence-electron chi connectivity index (χ3n) is 2.25. The van der Waals surface area contributed by atoms with Crippen molar-refractivity contribution in [2.45, 2.75) is 45.2 Å². The Kier molecular flexibility index (Phi) is 3.61. The summed E-state index contributed by atoms with van der Waals surface area (Å²) in [5.41, 5.74) is 0.564. The Morgan fingerprint density at radius 3 is 1.64 bits per heavy atom. The van der Waals surface area contributed by atoms with E-state index in [0.29, 0.717) is 5.54 Å². The molecule has 0 saturated carbocycles. The van der Waals surface area contributed by atoms with Gasteiger partial charge in [-0.2, -0.15) is 0 Å². The largest absolute Gasteiger partial charge is 0.328 e. The van der Waals surface area contributed by atoms with Crippen LogP contribution in [0.5, 0.6) is 0 Å². The van der Waals surface area contributed by atoms with E-state index >= 15 is 0 Å². The highest BCUT2D eigenvalue weighted by Crippen LogP contribution is 2.43. The van der Waals surface area contributed by atoms with Gasteiger partial charge in [-0.15, -0.1) is 11.1 Å². The average molecular weight is 194 g/mol. The normalized spacial score (nSPS) is 18.5. The van der Waals surface area contributed by atoms with Gasteiger partial charge in [0.1, 0.15) is 0 Å². The smallest absolute Gasteiger partial charge is 0.234 e. The zero-order chi connectivity index (χ0) is 9.28. The maximum atomic E-state index is 6.56. The Labute approximate surface area is 76.3 Å². The van der Waals surface area contributed by atoms with Gasteiger partial charge in [-0.1, -0.05) is 34.6 Å². The molecule has 0 aliphatic rings. The Hall–Kier alpha value is 0.467. The van der Waals surface area contributed by atoms with Gasteiger partial charge in [0.2, 0.25) is 7.55 Å². The Balaban J connectivity index is 4.61. The standard InChI is InChI=1S/C8H20ClNSi/c1-7(2)11(9,10-6)8(3,4)5/h7,10H,1-6H3. The molecule has 1 unspecified atom stereocenters. The lowest BCUT2D eigenvalue weighted by Crippen LogP contribution is -2.53. The lowest BCUT2D eigenvalue weighted by molar-refractivity contribution is 0.685. The molecule has 0 aromatic heterocycles. The molecular weight excluding hydrogens is 174 g/mol. The van der Waals surface area contributed by atoms with E-state index in [-0.39, 0.29) is 5.04 Å². The van der Waals surface area contributed by atoms with E-state index < -0.39 is 7.55 Å². The number of nitrogens with one attached hydrogen (secondary N) is 1. The summed E-state index contributed by atoms with van der Waals surface area (Å²) in [6.45, 7) is 11.0. The van der Waals surface area contributed by atoms with E-state index in [4.69, 9.17) is 11.1 Å². The van der Waals surface area contributed by atoms with Crippen LogP contribution in [0.15, 0.2) is 0 Å². The van der Waals surface area contributed by atoms with Crippen LogP contribution in [0.3, 0.4) is 0 Å². The highest BCUT2D eigenvalue weighted by molar-refractivity contribution is 7.21. The SMILES string of the molecule is CN[Si](Cl)(C(C)C)C(C)(C)C. The first-order valence-electron chi connectivity index (χ1n) is 4.13. The molecule has 1 atom stereocenters. The van der Waals surface area contributed by atoms with Gasteiger partial charge in [-0.05, 0) is 17.6 Å². The fraction of sp³-hybridized carbons (Fsp3) is 1.00. The summed E-state index contributed by atoms with van der Waals surface area (Å²) in [4.78, 5) is 3.32. The molecule has 0 aliphatic carbocycles. The van der Waals surface area contributed by atoms with Crippen molar-refractivity contribution < 1.29 is 0 Å². The summed E-state index contributed by atoms with van der Waals surface area (Å²) < 4.78 is 0. The first-order chi connectivity index (χ1) is 4.75. The molecule has 0 amide bonds. The second kappa shape index (κ2) is 3.46. The highest BCUT2D eigenvalue weighted by atomic mass is 35.6. The molecule has 1 N–H and O–H groups in total. The van der Waals surface area contributed by atoms with Crippen molar-refractivity contribution in [2.75, 3.05) is 7.05 Å². The van der Waals surface area contributed by atoms with E-state index in [9.17, 15) is 0 Å². The fourth-order valence-electron chi connectivity index (χ4n) is 1.53. The fourth-order valence-corrected chi connectivity index (χ4v) is 4.59. The molecule has 11 heavy (non-hydrogen) atoms. The predicted octanol–water partition coefficient (Wildman–Crippen LogP) is 3.10. The van der Waals surface area contributed by atoms with Crippen LogP contribution >= 0.6 is 11.1 Å². The van der Waals surface area contributed by atoms with Crippen LogP contribution in [0, 0.1) is 0 Å². The van der Waals surface area contributed by atoms with Crippen molar-refractivity contribution in [1.82, 2.24) is 4.98 Å². The maximum Gasteiger partial charge on any atom is 0.234 e. The summed E-state index contributed by atoms with van der Waals surface area (Å²) in [6.07, 6.45) is 0. The van der Waals surface area contributed by atoms with Crippen LogP contribution in [-0.4, -0.2) is 14.6 Å². The third kappa shape index (κ3) is 2.20. The summed E-state index contributed by atoms with van der Waals surface area (Å²) in [6, 6.07) is 0. The Morgan fingerprint density at radius 1 is 1.27 bits per heavy atom. The zero-order valence-corrected chi connectivity index (χ0v) is 10.2. The maximum absolute atomic E-state index is 6.56. The third-order valence-corrected chi connectivity index (χ3v) is 10.3. The van der Waals surface area contributed by atoms with E-state index in [1.54, 1.807) is 0 Å². The van der Waals surface area contributed by atoms with Gasteiger partial charge >= 0.3 is 0 Å². The van der Waals surface area contributed by atoms with E-state index in [1.807, 2.05) is 7.05 Å². The monoisotopic (exact) mass is 193 g/mol. The topological polar surface area (TPSA) is 12.0 Å². The number of halogens is 1. The van der Waals surface area contributed by atoms with Crippen LogP contribution in [0.25, 0.3) is 0 Å². The van der Waals surface area contributed by atoms with Crippen LogP contribution < -0.4 is 4.98 Å².